The second kappa shape index (κ2) is 5.67. The molecule has 0 radical (unpaired) electrons. The lowest BCUT2D eigenvalue weighted by atomic mass is 10.1. The van der Waals surface area contributed by atoms with Gasteiger partial charge in [-0.3, -0.25) is 4.68 Å². The Morgan fingerprint density at radius 1 is 1.42 bits per heavy atom. The smallest absolute Gasteiger partial charge is 0.354 e. The molecule has 100 valence electrons. The average Bonchev–Trinajstić information content (AvgIpc) is 2.83. The highest BCUT2D eigenvalue weighted by Gasteiger charge is 2.16. The van der Waals surface area contributed by atoms with E-state index in [0.717, 1.165) is 5.56 Å². The summed E-state index contributed by atoms with van der Waals surface area (Å²) in [7, 11) is 1.59. The Morgan fingerprint density at radius 3 is 2.68 bits per heavy atom. The van der Waals surface area contributed by atoms with Crippen LogP contribution in [0.15, 0.2) is 36.4 Å². The number of methoxy groups -OCH3 is 1. The van der Waals surface area contributed by atoms with Crippen molar-refractivity contribution in [3.05, 3.63) is 42.1 Å². The van der Waals surface area contributed by atoms with Gasteiger partial charge < -0.3 is 9.84 Å². The number of aromatic carboxylic acids is 1. The van der Waals surface area contributed by atoms with E-state index in [9.17, 15) is 9.90 Å². The number of hydrogen-bond acceptors (Lipinski definition) is 3. The van der Waals surface area contributed by atoms with E-state index in [2.05, 4.69) is 5.10 Å². The van der Waals surface area contributed by atoms with E-state index >= 15 is 0 Å². The van der Waals surface area contributed by atoms with E-state index in [1.165, 1.54) is 4.68 Å². The van der Waals surface area contributed by atoms with Gasteiger partial charge in [-0.1, -0.05) is 30.3 Å². The lowest BCUT2D eigenvalue weighted by Crippen LogP contribution is -2.19. The third-order valence-electron chi connectivity index (χ3n) is 2.90. The van der Waals surface area contributed by atoms with Gasteiger partial charge in [-0.15, -0.1) is 0 Å². The molecular weight excluding hydrogens is 244 g/mol. The van der Waals surface area contributed by atoms with Gasteiger partial charge in [-0.25, -0.2) is 4.79 Å². The molecule has 0 fully saturated rings. The molecule has 5 nitrogen and oxygen atoms in total. The van der Waals surface area contributed by atoms with Crippen molar-refractivity contribution in [3.8, 4) is 11.3 Å². The molecule has 19 heavy (non-hydrogen) atoms. The SMILES string of the molecule is COC(C)Cn1nc(-c2ccccc2)cc1C(=O)O. The van der Waals surface area contributed by atoms with Crippen LogP contribution in [-0.2, 0) is 11.3 Å². The van der Waals surface area contributed by atoms with Crippen molar-refractivity contribution in [2.24, 2.45) is 0 Å². The van der Waals surface area contributed by atoms with Gasteiger partial charge in [0.1, 0.15) is 5.69 Å². The zero-order valence-electron chi connectivity index (χ0n) is 10.9. The first-order valence-electron chi connectivity index (χ1n) is 6.01. The van der Waals surface area contributed by atoms with E-state index in [-0.39, 0.29) is 11.8 Å². The Bertz CT molecular complexity index is 563. The molecule has 0 saturated heterocycles. The molecule has 5 heteroatoms. The maximum Gasteiger partial charge on any atom is 0.354 e. The Hall–Kier alpha value is -2.14. The minimum absolute atomic E-state index is 0.0957. The molecule has 1 atom stereocenters. The van der Waals surface area contributed by atoms with Crippen molar-refractivity contribution in [1.29, 1.82) is 0 Å². The highest BCUT2D eigenvalue weighted by Crippen LogP contribution is 2.19. The van der Waals surface area contributed by atoms with Crippen molar-refractivity contribution in [2.45, 2.75) is 19.6 Å². The summed E-state index contributed by atoms with van der Waals surface area (Å²) in [6, 6.07) is 11.1. The number of carboxylic acid groups (broad SMARTS) is 1. The van der Waals surface area contributed by atoms with Gasteiger partial charge in [0.15, 0.2) is 0 Å². The summed E-state index contributed by atoms with van der Waals surface area (Å²) >= 11 is 0. The molecule has 0 bridgehead atoms. The molecule has 1 heterocycles. The van der Waals surface area contributed by atoms with Crippen LogP contribution < -0.4 is 0 Å². The molecule has 0 aliphatic rings. The standard InChI is InChI=1S/C14H16N2O3/c1-10(19-2)9-16-13(14(17)18)8-12(15-16)11-6-4-3-5-7-11/h3-8,10H,9H2,1-2H3,(H,17,18). The van der Waals surface area contributed by atoms with E-state index in [1.807, 2.05) is 37.3 Å². The molecule has 0 spiro atoms. The summed E-state index contributed by atoms with van der Waals surface area (Å²) < 4.78 is 6.62. The predicted octanol–water partition coefficient (Wildman–Crippen LogP) is 2.28. The quantitative estimate of drug-likeness (QED) is 0.895. The van der Waals surface area contributed by atoms with E-state index < -0.39 is 5.97 Å². The lowest BCUT2D eigenvalue weighted by molar-refractivity contribution is 0.0667. The monoisotopic (exact) mass is 260 g/mol. The fraction of sp³-hybridized carbons (Fsp3) is 0.286. The molecule has 2 rings (SSSR count). The summed E-state index contributed by atoms with van der Waals surface area (Å²) in [5.41, 5.74) is 1.72. The fourth-order valence-corrected chi connectivity index (χ4v) is 1.80. The van der Waals surface area contributed by atoms with E-state index in [1.54, 1.807) is 13.2 Å². The summed E-state index contributed by atoms with van der Waals surface area (Å²) in [5.74, 6) is -0.988. The van der Waals surface area contributed by atoms with Gasteiger partial charge in [-0.2, -0.15) is 5.10 Å². The summed E-state index contributed by atoms with van der Waals surface area (Å²) in [6.07, 6.45) is -0.0957. The maximum atomic E-state index is 11.2. The topological polar surface area (TPSA) is 64.4 Å². The third-order valence-corrected chi connectivity index (χ3v) is 2.90. The predicted molar refractivity (Wildman–Crippen MR) is 71.1 cm³/mol. The van der Waals surface area contributed by atoms with Crippen LogP contribution in [0.25, 0.3) is 11.3 Å². The molecule has 0 aliphatic carbocycles. The van der Waals surface area contributed by atoms with Crippen LogP contribution in [0.3, 0.4) is 0 Å². The molecule has 0 amide bonds. The highest BCUT2D eigenvalue weighted by molar-refractivity contribution is 5.87. The van der Waals surface area contributed by atoms with Crippen LogP contribution in [0.5, 0.6) is 0 Å². The van der Waals surface area contributed by atoms with Gasteiger partial charge in [-0.05, 0) is 13.0 Å². The van der Waals surface area contributed by atoms with Crippen molar-refractivity contribution >= 4 is 5.97 Å². The second-order valence-corrected chi connectivity index (χ2v) is 4.31. The van der Waals surface area contributed by atoms with Gasteiger partial charge in [0.05, 0.1) is 18.3 Å². The zero-order chi connectivity index (χ0) is 13.8. The molecule has 1 aromatic carbocycles. The Morgan fingerprint density at radius 2 is 2.11 bits per heavy atom. The molecule has 1 N–H and O–H groups in total. The van der Waals surface area contributed by atoms with Crippen LogP contribution in [0.2, 0.25) is 0 Å². The fourth-order valence-electron chi connectivity index (χ4n) is 1.80. The maximum absolute atomic E-state index is 11.2. The average molecular weight is 260 g/mol. The number of aromatic nitrogens is 2. The largest absolute Gasteiger partial charge is 0.477 e. The summed E-state index contributed by atoms with van der Waals surface area (Å²) in [5, 5.41) is 13.6. The third kappa shape index (κ3) is 3.00. The van der Waals surface area contributed by atoms with E-state index in [0.29, 0.717) is 12.2 Å². The zero-order valence-corrected chi connectivity index (χ0v) is 10.9. The number of hydrogen-bond donors (Lipinski definition) is 1. The molecule has 0 saturated carbocycles. The van der Waals surface area contributed by atoms with Crippen molar-refractivity contribution in [3.63, 3.8) is 0 Å². The number of benzene rings is 1. The summed E-state index contributed by atoms with van der Waals surface area (Å²) in [4.78, 5) is 11.2. The van der Waals surface area contributed by atoms with Gasteiger partial charge >= 0.3 is 5.97 Å². The second-order valence-electron chi connectivity index (χ2n) is 4.31. The van der Waals surface area contributed by atoms with Crippen LogP contribution >= 0.6 is 0 Å². The van der Waals surface area contributed by atoms with Gasteiger partial charge in [0.2, 0.25) is 0 Å². The normalized spacial score (nSPS) is 12.3. The van der Waals surface area contributed by atoms with Gasteiger partial charge in [0, 0.05) is 12.7 Å². The number of rotatable bonds is 5. The van der Waals surface area contributed by atoms with E-state index in [4.69, 9.17) is 4.74 Å². The molecule has 1 unspecified atom stereocenters. The molecular formula is C14H16N2O3. The number of nitrogens with zero attached hydrogens (tertiary/aromatic N) is 2. The minimum atomic E-state index is -0.988. The lowest BCUT2D eigenvalue weighted by Gasteiger charge is -2.10. The Labute approximate surface area is 111 Å². The van der Waals surface area contributed by atoms with Crippen molar-refractivity contribution < 1.29 is 14.6 Å². The van der Waals surface area contributed by atoms with Gasteiger partial charge in [0.25, 0.3) is 0 Å². The molecule has 2 aromatic rings. The number of ether oxygens (including phenoxy) is 1. The number of carboxylic acids is 1. The molecule has 1 aromatic heterocycles. The first kappa shape index (κ1) is 13.3. The number of carbonyl (C=O) groups is 1. The highest BCUT2D eigenvalue weighted by atomic mass is 16.5. The Balaban J connectivity index is 2.38. The van der Waals surface area contributed by atoms with Crippen LogP contribution in [0.4, 0.5) is 0 Å². The first-order valence-corrected chi connectivity index (χ1v) is 6.01. The molecule has 0 aliphatic heterocycles. The van der Waals surface area contributed by atoms with Crippen LogP contribution in [-0.4, -0.2) is 34.1 Å². The van der Waals surface area contributed by atoms with Crippen molar-refractivity contribution in [1.82, 2.24) is 9.78 Å². The van der Waals surface area contributed by atoms with Crippen molar-refractivity contribution in [2.75, 3.05) is 7.11 Å². The minimum Gasteiger partial charge on any atom is -0.477 e. The first-order chi connectivity index (χ1) is 9.11. The summed E-state index contributed by atoms with van der Waals surface area (Å²) in [6.45, 7) is 2.28. The van der Waals surface area contributed by atoms with Crippen LogP contribution in [0, 0.1) is 0 Å². The van der Waals surface area contributed by atoms with Crippen LogP contribution in [0.1, 0.15) is 17.4 Å². The Kier molecular flexibility index (Phi) is 3.97.